The van der Waals surface area contributed by atoms with Crippen molar-refractivity contribution in [2.24, 2.45) is 7.05 Å². The molecule has 0 bridgehead atoms. The molecule has 1 N–H and O–H groups in total. The minimum Gasteiger partial charge on any atom is -0.435 e. The fourth-order valence-corrected chi connectivity index (χ4v) is 2.68. The number of ether oxygens (including phenoxy) is 1. The van der Waals surface area contributed by atoms with Crippen LogP contribution in [0.5, 0.6) is 5.75 Å². The molecule has 1 aromatic heterocycles. The standard InChI is InChI=1S/C13H16F2N4OS/c1-16-7-11-17-18-13(19(11)2)21-8-9-5-3-4-6-10(9)20-12(14)15/h3-6,12,16H,7-8H2,1-2H3. The first-order chi connectivity index (χ1) is 10.1. The SMILES string of the molecule is CNCc1nnc(SCc2ccccc2OC(F)F)n1C. The van der Waals surface area contributed by atoms with E-state index >= 15 is 0 Å². The van der Waals surface area contributed by atoms with Crippen molar-refractivity contribution in [1.82, 2.24) is 20.1 Å². The Balaban J connectivity index is 2.06. The number of hydrogen-bond donors (Lipinski definition) is 1. The van der Waals surface area contributed by atoms with Crippen molar-refractivity contribution in [3.05, 3.63) is 35.7 Å². The van der Waals surface area contributed by atoms with Crippen molar-refractivity contribution < 1.29 is 13.5 Å². The summed E-state index contributed by atoms with van der Waals surface area (Å²) in [4.78, 5) is 0. The Morgan fingerprint density at radius 1 is 1.33 bits per heavy atom. The van der Waals surface area contributed by atoms with Crippen molar-refractivity contribution in [2.75, 3.05) is 7.05 Å². The lowest BCUT2D eigenvalue weighted by molar-refractivity contribution is -0.0503. The van der Waals surface area contributed by atoms with Crippen LogP contribution in [-0.2, 0) is 19.3 Å². The third kappa shape index (κ3) is 4.15. The summed E-state index contributed by atoms with van der Waals surface area (Å²) in [6.07, 6.45) is 0. The van der Waals surface area contributed by atoms with E-state index in [1.165, 1.54) is 17.8 Å². The fourth-order valence-electron chi connectivity index (χ4n) is 1.76. The van der Waals surface area contributed by atoms with E-state index in [4.69, 9.17) is 0 Å². The molecular formula is C13H16F2N4OS. The number of nitrogens with zero attached hydrogens (tertiary/aromatic N) is 3. The summed E-state index contributed by atoms with van der Waals surface area (Å²) in [5, 5.41) is 11.9. The molecule has 0 unspecified atom stereocenters. The molecule has 2 rings (SSSR count). The number of alkyl halides is 2. The van der Waals surface area contributed by atoms with Gasteiger partial charge in [0.15, 0.2) is 5.16 Å². The van der Waals surface area contributed by atoms with Crippen LogP contribution in [0.3, 0.4) is 0 Å². The Kier molecular flexibility index (Phi) is 5.51. The quantitative estimate of drug-likeness (QED) is 0.796. The molecule has 2 aromatic rings. The molecular weight excluding hydrogens is 298 g/mol. The summed E-state index contributed by atoms with van der Waals surface area (Å²) in [6, 6.07) is 6.75. The van der Waals surface area contributed by atoms with Gasteiger partial charge in [-0.05, 0) is 13.1 Å². The smallest absolute Gasteiger partial charge is 0.387 e. The van der Waals surface area contributed by atoms with E-state index in [-0.39, 0.29) is 5.75 Å². The highest BCUT2D eigenvalue weighted by molar-refractivity contribution is 7.98. The van der Waals surface area contributed by atoms with E-state index in [1.54, 1.807) is 18.2 Å². The first-order valence-electron chi connectivity index (χ1n) is 6.30. The number of nitrogens with one attached hydrogen (secondary N) is 1. The number of halogens is 2. The predicted octanol–water partition coefficient (Wildman–Crippen LogP) is 2.43. The van der Waals surface area contributed by atoms with Crippen molar-refractivity contribution >= 4 is 11.8 Å². The molecule has 0 fully saturated rings. The van der Waals surface area contributed by atoms with Crippen LogP contribution in [0.15, 0.2) is 29.4 Å². The number of para-hydroxylation sites is 1. The second kappa shape index (κ2) is 7.37. The largest absolute Gasteiger partial charge is 0.435 e. The molecule has 0 aliphatic heterocycles. The molecule has 1 aromatic carbocycles. The molecule has 114 valence electrons. The fraction of sp³-hybridized carbons (Fsp3) is 0.385. The molecule has 0 saturated carbocycles. The van der Waals surface area contributed by atoms with Gasteiger partial charge in [-0.15, -0.1) is 10.2 Å². The monoisotopic (exact) mass is 314 g/mol. The Morgan fingerprint density at radius 3 is 2.81 bits per heavy atom. The Bertz CT molecular complexity index is 591. The van der Waals surface area contributed by atoms with Gasteiger partial charge in [0.25, 0.3) is 0 Å². The van der Waals surface area contributed by atoms with Crippen LogP contribution in [0.1, 0.15) is 11.4 Å². The van der Waals surface area contributed by atoms with Gasteiger partial charge in [0.05, 0.1) is 6.54 Å². The average Bonchev–Trinajstić information content (AvgIpc) is 2.79. The molecule has 21 heavy (non-hydrogen) atoms. The van der Waals surface area contributed by atoms with Crippen molar-refractivity contribution in [1.29, 1.82) is 0 Å². The van der Waals surface area contributed by atoms with Gasteiger partial charge < -0.3 is 14.6 Å². The Hall–Kier alpha value is -1.67. The van der Waals surface area contributed by atoms with Crippen LogP contribution >= 0.6 is 11.8 Å². The number of rotatable bonds is 7. The number of aromatic nitrogens is 3. The van der Waals surface area contributed by atoms with E-state index < -0.39 is 6.61 Å². The molecule has 0 aliphatic rings. The maximum absolute atomic E-state index is 12.4. The van der Waals surface area contributed by atoms with Gasteiger partial charge in [0, 0.05) is 18.4 Å². The van der Waals surface area contributed by atoms with Gasteiger partial charge in [0.2, 0.25) is 0 Å². The summed E-state index contributed by atoms with van der Waals surface area (Å²) < 4.78 is 31.1. The highest BCUT2D eigenvalue weighted by Gasteiger charge is 2.12. The van der Waals surface area contributed by atoms with Gasteiger partial charge in [-0.1, -0.05) is 30.0 Å². The van der Waals surface area contributed by atoms with Crippen molar-refractivity contribution in [3.8, 4) is 5.75 Å². The zero-order chi connectivity index (χ0) is 15.2. The van der Waals surface area contributed by atoms with Gasteiger partial charge >= 0.3 is 6.61 Å². The second-order valence-electron chi connectivity index (χ2n) is 4.26. The van der Waals surface area contributed by atoms with E-state index in [0.717, 1.165) is 11.0 Å². The topological polar surface area (TPSA) is 52.0 Å². The molecule has 5 nitrogen and oxygen atoms in total. The second-order valence-corrected chi connectivity index (χ2v) is 5.21. The third-order valence-corrected chi connectivity index (χ3v) is 3.87. The number of thioether (sulfide) groups is 1. The predicted molar refractivity (Wildman–Crippen MR) is 76.4 cm³/mol. The first-order valence-corrected chi connectivity index (χ1v) is 7.28. The number of hydrogen-bond acceptors (Lipinski definition) is 5. The molecule has 0 aliphatic carbocycles. The van der Waals surface area contributed by atoms with E-state index in [1.807, 2.05) is 18.7 Å². The van der Waals surface area contributed by atoms with Crippen molar-refractivity contribution in [2.45, 2.75) is 24.1 Å². The van der Waals surface area contributed by atoms with Crippen LogP contribution in [0.4, 0.5) is 8.78 Å². The molecule has 0 spiro atoms. The lowest BCUT2D eigenvalue weighted by Gasteiger charge is -2.10. The van der Waals surface area contributed by atoms with Crippen LogP contribution in [0, 0.1) is 0 Å². The van der Waals surface area contributed by atoms with Gasteiger partial charge in [0.1, 0.15) is 11.6 Å². The highest BCUT2D eigenvalue weighted by Crippen LogP contribution is 2.27. The minimum atomic E-state index is -2.83. The summed E-state index contributed by atoms with van der Waals surface area (Å²) >= 11 is 1.42. The van der Waals surface area contributed by atoms with Gasteiger partial charge in [-0.3, -0.25) is 0 Å². The zero-order valence-electron chi connectivity index (χ0n) is 11.7. The summed E-state index contributed by atoms with van der Waals surface area (Å²) in [6.45, 7) is -2.21. The van der Waals surface area contributed by atoms with Crippen LogP contribution < -0.4 is 10.1 Å². The molecule has 1 heterocycles. The van der Waals surface area contributed by atoms with E-state index in [2.05, 4.69) is 20.3 Å². The van der Waals surface area contributed by atoms with Crippen LogP contribution in [0.2, 0.25) is 0 Å². The Labute approximate surface area is 125 Å². The summed E-state index contributed by atoms with van der Waals surface area (Å²) in [5.74, 6) is 1.49. The molecule has 8 heteroatoms. The third-order valence-electron chi connectivity index (χ3n) is 2.81. The molecule has 0 amide bonds. The van der Waals surface area contributed by atoms with Gasteiger partial charge in [-0.25, -0.2) is 0 Å². The summed E-state index contributed by atoms with van der Waals surface area (Å²) in [7, 11) is 3.70. The molecule has 0 radical (unpaired) electrons. The number of benzene rings is 1. The average molecular weight is 314 g/mol. The maximum atomic E-state index is 12.4. The van der Waals surface area contributed by atoms with E-state index in [9.17, 15) is 8.78 Å². The van der Waals surface area contributed by atoms with Crippen LogP contribution in [-0.4, -0.2) is 28.4 Å². The van der Waals surface area contributed by atoms with Crippen LogP contribution in [0.25, 0.3) is 0 Å². The normalized spacial score (nSPS) is 11.1. The van der Waals surface area contributed by atoms with Crippen molar-refractivity contribution in [3.63, 3.8) is 0 Å². The van der Waals surface area contributed by atoms with E-state index in [0.29, 0.717) is 17.9 Å². The zero-order valence-corrected chi connectivity index (χ0v) is 12.5. The van der Waals surface area contributed by atoms with Gasteiger partial charge in [-0.2, -0.15) is 8.78 Å². The Morgan fingerprint density at radius 2 is 2.10 bits per heavy atom. The maximum Gasteiger partial charge on any atom is 0.387 e. The molecule has 0 atom stereocenters. The summed E-state index contributed by atoms with van der Waals surface area (Å²) in [5.41, 5.74) is 0.695. The molecule has 0 saturated heterocycles. The minimum absolute atomic E-state index is 0.192. The lowest BCUT2D eigenvalue weighted by atomic mass is 10.2. The lowest BCUT2D eigenvalue weighted by Crippen LogP contribution is -2.10. The highest BCUT2D eigenvalue weighted by atomic mass is 32.2. The first kappa shape index (κ1) is 15.7.